The highest BCUT2D eigenvalue weighted by molar-refractivity contribution is 6.17. The standard InChI is InChI=1S/C26H28N2O4/c1-14-8-9-27-21(10-14)28-23(17-6-5-7-18(13-17)31-4)22-24(29)19-11-15(2)16(3)12-20(19)32-25(22)26(28)30/h5-10,13,15-16,19-20,23H,11-12H2,1-4H3. The zero-order valence-corrected chi connectivity index (χ0v) is 18.9. The van der Waals surface area contributed by atoms with E-state index >= 15 is 0 Å². The number of ketones is 1. The van der Waals surface area contributed by atoms with E-state index in [2.05, 4.69) is 18.8 Å². The van der Waals surface area contributed by atoms with Crippen molar-refractivity contribution in [1.82, 2.24) is 4.98 Å². The van der Waals surface area contributed by atoms with Crippen LogP contribution in [0, 0.1) is 24.7 Å². The van der Waals surface area contributed by atoms with Crippen molar-refractivity contribution in [2.24, 2.45) is 17.8 Å². The molecule has 5 atom stereocenters. The van der Waals surface area contributed by atoms with Gasteiger partial charge in [0.2, 0.25) is 0 Å². The average Bonchev–Trinajstić information content (AvgIpc) is 3.08. The highest BCUT2D eigenvalue weighted by atomic mass is 16.5. The SMILES string of the molecule is COc1cccc(C2C3=C(OC4CC(C)C(C)CC4C3=O)C(=O)N2c2cc(C)ccn2)c1. The third-order valence-corrected chi connectivity index (χ3v) is 7.27. The Labute approximate surface area is 188 Å². The molecule has 0 radical (unpaired) electrons. The number of hydrogen-bond acceptors (Lipinski definition) is 5. The van der Waals surface area contributed by atoms with Gasteiger partial charge in [-0.2, -0.15) is 0 Å². The van der Waals surface area contributed by atoms with E-state index in [-0.39, 0.29) is 29.5 Å². The van der Waals surface area contributed by atoms with Crippen molar-refractivity contribution >= 4 is 17.5 Å². The Bertz CT molecular complexity index is 1120. The average molecular weight is 433 g/mol. The summed E-state index contributed by atoms with van der Waals surface area (Å²) in [5.74, 6) is 1.77. The molecule has 0 spiro atoms. The molecule has 2 aromatic rings. The number of carbonyl (C=O) groups excluding carboxylic acids is 2. The first-order valence-corrected chi connectivity index (χ1v) is 11.2. The highest BCUT2D eigenvalue weighted by Crippen LogP contribution is 2.49. The van der Waals surface area contributed by atoms with Gasteiger partial charge < -0.3 is 9.47 Å². The van der Waals surface area contributed by atoms with Crippen molar-refractivity contribution in [2.45, 2.75) is 45.8 Å². The van der Waals surface area contributed by atoms with Crippen LogP contribution in [0.15, 0.2) is 53.9 Å². The Morgan fingerprint density at radius 1 is 1.09 bits per heavy atom. The molecule has 32 heavy (non-hydrogen) atoms. The van der Waals surface area contributed by atoms with Crippen molar-refractivity contribution in [3.63, 3.8) is 0 Å². The molecule has 1 saturated carbocycles. The lowest BCUT2D eigenvalue weighted by atomic mass is 9.70. The Morgan fingerprint density at radius 3 is 2.62 bits per heavy atom. The summed E-state index contributed by atoms with van der Waals surface area (Å²) < 4.78 is 11.7. The Balaban J connectivity index is 1.65. The van der Waals surface area contributed by atoms with Crippen molar-refractivity contribution in [1.29, 1.82) is 0 Å². The molecule has 5 rings (SSSR count). The largest absolute Gasteiger partial charge is 0.497 e. The number of pyridine rings is 1. The first-order valence-electron chi connectivity index (χ1n) is 11.2. The van der Waals surface area contributed by atoms with E-state index in [9.17, 15) is 9.59 Å². The van der Waals surface area contributed by atoms with Gasteiger partial charge in [0.1, 0.15) is 17.7 Å². The van der Waals surface area contributed by atoms with E-state index in [0.717, 1.165) is 24.0 Å². The normalized spacial score (nSPS) is 29.5. The van der Waals surface area contributed by atoms with Gasteiger partial charge in [-0.15, -0.1) is 0 Å². The minimum Gasteiger partial charge on any atom is -0.497 e. The van der Waals surface area contributed by atoms with E-state index in [1.807, 2.05) is 43.3 Å². The van der Waals surface area contributed by atoms with E-state index in [0.29, 0.717) is 29.0 Å². The lowest BCUT2D eigenvalue weighted by molar-refractivity contribution is -0.134. The minimum absolute atomic E-state index is 0.0336. The molecule has 166 valence electrons. The summed E-state index contributed by atoms with van der Waals surface area (Å²) in [5.41, 5.74) is 2.24. The summed E-state index contributed by atoms with van der Waals surface area (Å²) >= 11 is 0. The molecule has 1 aromatic carbocycles. The number of Topliss-reactive ketones (excluding diaryl/α,β-unsaturated/α-hetero) is 1. The summed E-state index contributed by atoms with van der Waals surface area (Å²) in [7, 11) is 1.60. The van der Waals surface area contributed by atoms with Gasteiger partial charge in [-0.05, 0) is 67.0 Å². The van der Waals surface area contributed by atoms with E-state index in [1.54, 1.807) is 18.2 Å². The lowest BCUT2D eigenvalue weighted by Gasteiger charge is -2.40. The number of anilines is 1. The number of amides is 1. The summed E-state index contributed by atoms with van der Waals surface area (Å²) in [6.07, 6.45) is 3.01. The molecule has 3 heterocycles. The maximum absolute atomic E-state index is 13.9. The molecule has 5 unspecified atom stereocenters. The third kappa shape index (κ3) is 3.20. The van der Waals surface area contributed by atoms with Crippen LogP contribution < -0.4 is 9.64 Å². The molecular formula is C26H28N2O4. The number of aryl methyl sites for hydroxylation is 1. The van der Waals surface area contributed by atoms with Crippen LogP contribution in [-0.4, -0.2) is 29.9 Å². The summed E-state index contributed by atoms with van der Waals surface area (Å²) in [6.45, 7) is 6.34. The summed E-state index contributed by atoms with van der Waals surface area (Å²) in [6, 6.07) is 10.7. The second-order valence-corrected chi connectivity index (χ2v) is 9.34. The fourth-order valence-corrected chi connectivity index (χ4v) is 5.28. The second kappa shape index (κ2) is 7.76. The molecular weight excluding hydrogens is 404 g/mol. The number of benzene rings is 1. The van der Waals surface area contributed by atoms with Crippen molar-refractivity contribution in [3.8, 4) is 5.75 Å². The van der Waals surface area contributed by atoms with Crippen LogP contribution in [0.4, 0.5) is 5.82 Å². The molecule has 6 heteroatoms. The number of nitrogens with zero attached hydrogens (tertiary/aromatic N) is 2. The second-order valence-electron chi connectivity index (χ2n) is 9.34. The first-order chi connectivity index (χ1) is 15.4. The van der Waals surface area contributed by atoms with Crippen LogP contribution in [0.3, 0.4) is 0 Å². The van der Waals surface area contributed by atoms with Gasteiger partial charge in [-0.25, -0.2) is 4.98 Å². The molecule has 0 saturated heterocycles. The Morgan fingerprint density at radius 2 is 1.88 bits per heavy atom. The summed E-state index contributed by atoms with van der Waals surface area (Å²) in [4.78, 5) is 33.6. The van der Waals surface area contributed by atoms with Crippen LogP contribution >= 0.6 is 0 Å². The van der Waals surface area contributed by atoms with Gasteiger partial charge in [0.15, 0.2) is 11.5 Å². The third-order valence-electron chi connectivity index (χ3n) is 7.27. The smallest absolute Gasteiger partial charge is 0.295 e. The maximum Gasteiger partial charge on any atom is 0.295 e. The highest BCUT2D eigenvalue weighted by Gasteiger charge is 2.54. The molecule has 1 aromatic heterocycles. The van der Waals surface area contributed by atoms with Crippen LogP contribution in [0.5, 0.6) is 5.75 Å². The van der Waals surface area contributed by atoms with Gasteiger partial charge in [0, 0.05) is 6.20 Å². The van der Waals surface area contributed by atoms with Crippen LogP contribution in [0.25, 0.3) is 0 Å². The molecule has 1 aliphatic carbocycles. The number of aromatic nitrogens is 1. The predicted octanol–water partition coefficient (Wildman–Crippen LogP) is 4.39. The van der Waals surface area contributed by atoms with Crippen molar-refractivity contribution in [2.75, 3.05) is 12.0 Å². The predicted molar refractivity (Wildman–Crippen MR) is 120 cm³/mol. The monoisotopic (exact) mass is 432 g/mol. The molecule has 2 aliphatic heterocycles. The first kappa shape index (κ1) is 20.7. The Hall–Kier alpha value is -3.15. The number of carbonyl (C=O) groups is 2. The number of hydrogen-bond donors (Lipinski definition) is 0. The van der Waals surface area contributed by atoms with Gasteiger partial charge >= 0.3 is 0 Å². The minimum atomic E-state index is -0.593. The zero-order valence-electron chi connectivity index (χ0n) is 18.9. The topological polar surface area (TPSA) is 68.7 Å². The van der Waals surface area contributed by atoms with Crippen molar-refractivity contribution in [3.05, 3.63) is 65.1 Å². The quantitative estimate of drug-likeness (QED) is 0.720. The molecule has 1 amide bonds. The van der Waals surface area contributed by atoms with Gasteiger partial charge in [-0.3, -0.25) is 14.5 Å². The fourth-order valence-electron chi connectivity index (χ4n) is 5.28. The van der Waals surface area contributed by atoms with Crippen molar-refractivity contribution < 1.29 is 19.1 Å². The number of ether oxygens (including phenoxy) is 2. The number of rotatable bonds is 3. The van der Waals surface area contributed by atoms with Crippen LogP contribution in [0.1, 0.15) is 43.9 Å². The van der Waals surface area contributed by atoms with E-state index in [4.69, 9.17) is 9.47 Å². The van der Waals surface area contributed by atoms with Crippen LogP contribution in [0.2, 0.25) is 0 Å². The number of methoxy groups -OCH3 is 1. The van der Waals surface area contributed by atoms with Gasteiger partial charge in [0.25, 0.3) is 5.91 Å². The molecule has 0 N–H and O–H groups in total. The lowest BCUT2D eigenvalue weighted by Crippen LogP contribution is -2.43. The maximum atomic E-state index is 13.9. The molecule has 1 fully saturated rings. The van der Waals surface area contributed by atoms with E-state index < -0.39 is 6.04 Å². The molecule has 6 nitrogen and oxygen atoms in total. The molecule has 3 aliphatic rings. The van der Waals surface area contributed by atoms with Gasteiger partial charge in [0.05, 0.1) is 24.6 Å². The summed E-state index contributed by atoms with van der Waals surface area (Å²) in [5, 5.41) is 0. The molecule has 0 bridgehead atoms. The Kier molecular flexibility index (Phi) is 5.03. The van der Waals surface area contributed by atoms with E-state index in [1.165, 1.54) is 0 Å². The fraction of sp³-hybridized carbons (Fsp3) is 0.423. The number of fused-ring (bicyclic) bond motifs is 1. The van der Waals surface area contributed by atoms with Gasteiger partial charge in [-0.1, -0.05) is 26.0 Å². The van der Waals surface area contributed by atoms with Crippen LogP contribution in [-0.2, 0) is 14.3 Å². The zero-order chi connectivity index (χ0) is 22.6.